The molecule has 1 aliphatic heterocycles. The van der Waals surface area contributed by atoms with Crippen LogP contribution >= 0.6 is 22.9 Å². The lowest BCUT2D eigenvalue weighted by atomic mass is 9.99. The number of fused-ring (bicyclic) bond motifs is 3. The van der Waals surface area contributed by atoms with Gasteiger partial charge in [-0.15, -0.1) is 21.5 Å². The smallest absolute Gasteiger partial charge is 0.306 e. The quantitative estimate of drug-likeness (QED) is 0.711. The summed E-state index contributed by atoms with van der Waals surface area (Å²) < 4.78 is 1.94. The van der Waals surface area contributed by atoms with Gasteiger partial charge in [-0.1, -0.05) is 23.7 Å². The first-order chi connectivity index (χ1) is 12.9. The number of hydrogen-bond acceptors (Lipinski definition) is 5. The molecule has 27 heavy (non-hydrogen) atoms. The molecule has 8 heteroatoms. The zero-order valence-electron chi connectivity index (χ0n) is 15.0. The highest BCUT2D eigenvalue weighted by molar-refractivity contribution is 7.15. The maximum Gasteiger partial charge on any atom is 0.306 e. The fourth-order valence-corrected chi connectivity index (χ4v) is 4.73. The van der Waals surface area contributed by atoms with Gasteiger partial charge in [0.25, 0.3) is 0 Å². The van der Waals surface area contributed by atoms with Crippen LogP contribution in [0.5, 0.6) is 0 Å². The number of rotatable bonds is 3. The van der Waals surface area contributed by atoms with Crippen LogP contribution in [0.25, 0.3) is 5.00 Å². The number of carboxylic acid groups (broad SMARTS) is 1. The minimum absolute atomic E-state index is 0.158. The van der Waals surface area contributed by atoms with Crippen molar-refractivity contribution in [3.63, 3.8) is 0 Å². The van der Waals surface area contributed by atoms with Gasteiger partial charge in [0.2, 0.25) is 0 Å². The van der Waals surface area contributed by atoms with E-state index in [1.807, 2.05) is 35.8 Å². The topological polar surface area (TPSA) is 80.4 Å². The summed E-state index contributed by atoms with van der Waals surface area (Å²) in [6.45, 7) is 5.99. The van der Waals surface area contributed by atoms with Gasteiger partial charge in [-0.25, -0.2) is 0 Å². The summed E-state index contributed by atoms with van der Waals surface area (Å²) in [5, 5.41) is 19.4. The summed E-state index contributed by atoms with van der Waals surface area (Å²) in [5.41, 5.74) is 3.70. The van der Waals surface area contributed by atoms with Gasteiger partial charge in [0.05, 0.1) is 12.1 Å². The van der Waals surface area contributed by atoms with E-state index >= 15 is 0 Å². The van der Waals surface area contributed by atoms with E-state index in [1.54, 1.807) is 11.3 Å². The van der Waals surface area contributed by atoms with Crippen LogP contribution < -0.4 is 0 Å². The maximum absolute atomic E-state index is 11.5. The second-order valence-corrected chi connectivity index (χ2v) is 8.15. The molecule has 0 amide bonds. The number of aliphatic carboxylic acids is 1. The molecule has 3 heterocycles. The fourth-order valence-electron chi connectivity index (χ4n) is 3.33. The number of thiophene rings is 1. The predicted octanol–water partition coefficient (Wildman–Crippen LogP) is 4.27. The number of aryl methyl sites for hydroxylation is 2. The van der Waals surface area contributed by atoms with Gasteiger partial charge in [0, 0.05) is 21.0 Å². The van der Waals surface area contributed by atoms with E-state index in [2.05, 4.69) is 24.0 Å². The Bertz CT molecular complexity index is 1100. The largest absolute Gasteiger partial charge is 0.481 e. The summed E-state index contributed by atoms with van der Waals surface area (Å²) in [6, 6.07) is 6.85. The van der Waals surface area contributed by atoms with E-state index < -0.39 is 12.0 Å². The molecular formula is C19H17ClN4O2S. The normalized spacial score (nSPS) is 15.7. The van der Waals surface area contributed by atoms with E-state index in [9.17, 15) is 9.90 Å². The first-order valence-electron chi connectivity index (χ1n) is 8.45. The number of carbonyl (C=O) groups is 1. The highest BCUT2D eigenvalue weighted by atomic mass is 35.5. The van der Waals surface area contributed by atoms with Crippen LogP contribution in [0.1, 0.15) is 45.7 Å². The number of nitrogens with zero attached hydrogens (tertiary/aromatic N) is 4. The predicted molar refractivity (Wildman–Crippen MR) is 106 cm³/mol. The van der Waals surface area contributed by atoms with Crippen molar-refractivity contribution in [3.8, 4) is 5.00 Å². The highest BCUT2D eigenvalue weighted by Crippen LogP contribution is 2.39. The molecule has 0 fully saturated rings. The van der Waals surface area contributed by atoms with Crippen LogP contribution in [0.15, 0.2) is 29.3 Å². The molecule has 0 unspecified atom stereocenters. The van der Waals surface area contributed by atoms with Gasteiger partial charge < -0.3 is 5.11 Å². The van der Waals surface area contributed by atoms with Gasteiger partial charge in [0.15, 0.2) is 5.82 Å². The lowest BCUT2D eigenvalue weighted by Crippen LogP contribution is -2.10. The first kappa shape index (κ1) is 17.9. The molecule has 1 atom stereocenters. The van der Waals surface area contributed by atoms with Gasteiger partial charge in [-0.05, 0) is 38.5 Å². The van der Waals surface area contributed by atoms with E-state index in [0.717, 1.165) is 27.4 Å². The Morgan fingerprint density at radius 2 is 2.07 bits per heavy atom. The van der Waals surface area contributed by atoms with E-state index in [0.29, 0.717) is 16.7 Å². The summed E-state index contributed by atoms with van der Waals surface area (Å²) in [4.78, 5) is 17.5. The molecule has 0 spiro atoms. The van der Waals surface area contributed by atoms with E-state index in [4.69, 9.17) is 16.6 Å². The van der Waals surface area contributed by atoms with Crippen molar-refractivity contribution in [3.05, 3.63) is 62.5 Å². The standard InChI is InChI=1S/C19H17ClN4O2S/c1-9-10(2)27-19-16(9)17(12-5-4-6-13(20)7-12)21-14(8-15(25)26)18-23-22-11(3)24(18)19/h4-7,14H,8H2,1-3H3,(H,25,26)/t14-/m0/s1. The third-order valence-corrected chi connectivity index (χ3v) is 6.13. The van der Waals surface area contributed by atoms with Crippen LogP contribution in [0.3, 0.4) is 0 Å². The number of aromatic nitrogens is 3. The van der Waals surface area contributed by atoms with Crippen molar-refractivity contribution in [1.82, 2.24) is 14.8 Å². The third-order valence-electron chi connectivity index (χ3n) is 4.71. The molecule has 3 aromatic rings. The molecule has 1 aromatic carbocycles. The monoisotopic (exact) mass is 400 g/mol. The SMILES string of the molecule is Cc1sc2c(c1C)C(c1cccc(Cl)c1)=N[C@@H](CC(=O)O)c1nnc(C)n1-2. The van der Waals surface area contributed by atoms with Crippen LogP contribution in [0.4, 0.5) is 0 Å². The van der Waals surface area contributed by atoms with Crippen molar-refractivity contribution in [2.45, 2.75) is 33.2 Å². The van der Waals surface area contributed by atoms with E-state index in [1.165, 1.54) is 4.88 Å². The van der Waals surface area contributed by atoms with Crippen LogP contribution in [0.2, 0.25) is 5.02 Å². The zero-order valence-corrected chi connectivity index (χ0v) is 16.6. The van der Waals surface area contributed by atoms with Crippen molar-refractivity contribution in [1.29, 1.82) is 0 Å². The molecule has 4 rings (SSSR count). The molecule has 0 radical (unpaired) electrons. The number of aliphatic imine (C=N–C) groups is 1. The zero-order chi connectivity index (χ0) is 19.3. The highest BCUT2D eigenvalue weighted by Gasteiger charge is 2.32. The molecular weight excluding hydrogens is 384 g/mol. The second-order valence-electron chi connectivity index (χ2n) is 6.51. The molecule has 0 aliphatic carbocycles. The Kier molecular flexibility index (Phi) is 4.36. The summed E-state index contributed by atoms with van der Waals surface area (Å²) in [5.74, 6) is 0.333. The second kappa shape index (κ2) is 6.58. The first-order valence-corrected chi connectivity index (χ1v) is 9.64. The van der Waals surface area contributed by atoms with Crippen LogP contribution in [0, 0.1) is 20.8 Å². The Morgan fingerprint density at radius 1 is 1.30 bits per heavy atom. The maximum atomic E-state index is 11.5. The number of carboxylic acids is 1. The Labute approximate surface area is 165 Å². The van der Waals surface area contributed by atoms with Gasteiger partial charge in [-0.2, -0.15) is 0 Å². The average Bonchev–Trinajstić information content (AvgIpc) is 3.07. The molecule has 6 nitrogen and oxygen atoms in total. The van der Waals surface area contributed by atoms with Crippen molar-refractivity contribution >= 4 is 34.6 Å². The Balaban J connectivity index is 2.05. The minimum atomic E-state index is -0.931. The average molecular weight is 401 g/mol. The summed E-state index contributed by atoms with van der Waals surface area (Å²) in [6.07, 6.45) is -0.158. The lowest BCUT2D eigenvalue weighted by Gasteiger charge is -2.11. The van der Waals surface area contributed by atoms with Gasteiger partial charge in [-0.3, -0.25) is 14.4 Å². The third kappa shape index (κ3) is 2.96. The fraction of sp³-hybridized carbons (Fsp3) is 0.263. The minimum Gasteiger partial charge on any atom is -0.481 e. The number of hydrogen-bond donors (Lipinski definition) is 1. The van der Waals surface area contributed by atoms with Crippen molar-refractivity contribution in [2.24, 2.45) is 4.99 Å². The van der Waals surface area contributed by atoms with Gasteiger partial charge in [0.1, 0.15) is 16.9 Å². The van der Waals surface area contributed by atoms with Crippen molar-refractivity contribution < 1.29 is 9.90 Å². The molecule has 138 valence electrons. The Morgan fingerprint density at radius 3 is 2.78 bits per heavy atom. The van der Waals surface area contributed by atoms with Crippen LogP contribution in [-0.2, 0) is 4.79 Å². The summed E-state index contributed by atoms with van der Waals surface area (Å²) >= 11 is 7.85. The van der Waals surface area contributed by atoms with Crippen LogP contribution in [-0.4, -0.2) is 31.6 Å². The number of halogens is 1. The molecule has 0 saturated heterocycles. The lowest BCUT2D eigenvalue weighted by molar-refractivity contribution is -0.137. The Hall–Kier alpha value is -2.51. The van der Waals surface area contributed by atoms with Gasteiger partial charge >= 0.3 is 5.97 Å². The number of benzene rings is 1. The molecule has 1 aliphatic rings. The van der Waals surface area contributed by atoms with E-state index in [-0.39, 0.29) is 6.42 Å². The summed E-state index contributed by atoms with van der Waals surface area (Å²) in [7, 11) is 0. The molecule has 2 aromatic heterocycles. The molecule has 1 N–H and O–H groups in total. The molecule has 0 saturated carbocycles. The van der Waals surface area contributed by atoms with Crippen molar-refractivity contribution in [2.75, 3.05) is 0 Å². The molecule has 0 bridgehead atoms.